The van der Waals surface area contributed by atoms with Gasteiger partial charge in [0.05, 0.1) is 6.61 Å². The Morgan fingerprint density at radius 1 is 1.38 bits per heavy atom. The SMILES string of the molecule is CCOc1cccc(NC(=O)/C(C#N)=C\c2cc(C)n(C)c2C)c1. The number of hydrogen-bond acceptors (Lipinski definition) is 3. The number of anilines is 1. The molecule has 0 fully saturated rings. The number of amides is 1. The average molecular weight is 323 g/mol. The Bertz CT molecular complexity index is 826. The van der Waals surface area contributed by atoms with Gasteiger partial charge in [-0.05, 0) is 50.6 Å². The molecule has 0 atom stereocenters. The Hall–Kier alpha value is -3.00. The van der Waals surface area contributed by atoms with Gasteiger partial charge >= 0.3 is 0 Å². The molecule has 0 aliphatic rings. The van der Waals surface area contributed by atoms with E-state index < -0.39 is 5.91 Å². The number of carbonyl (C=O) groups excluding carboxylic acids is 1. The minimum absolute atomic E-state index is 0.0607. The molecule has 0 saturated carbocycles. The summed E-state index contributed by atoms with van der Waals surface area (Å²) in [6, 6.07) is 11.0. The highest BCUT2D eigenvalue weighted by atomic mass is 16.5. The zero-order valence-electron chi connectivity index (χ0n) is 14.4. The molecule has 5 heteroatoms. The number of ether oxygens (including phenoxy) is 1. The van der Waals surface area contributed by atoms with E-state index in [2.05, 4.69) is 5.32 Å². The molecular formula is C19H21N3O2. The van der Waals surface area contributed by atoms with E-state index in [9.17, 15) is 10.1 Å². The summed E-state index contributed by atoms with van der Waals surface area (Å²) >= 11 is 0. The maximum Gasteiger partial charge on any atom is 0.266 e. The van der Waals surface area contributed by atoms with Crippen LogP contribution in [0.15, 0.2) is 35.9 Å². The second-order valence-corrected chi connectivity index (χ2v) is 5.47. The van der Waals surface area contributed by atoms with Crippen molar-refractivity contribution in [1.29, 1.82) is 5.26 Å². The first-order valence-corrected chi connectivity index (χ1v) is 7.75. The smallest absolute Gasteiger partial charge is 0.266 e. The van der Waals surface area contributed by atoms with Crippen LogP contribution in [-0.4, -0.2) is 17.1 Å². The van der Waals surface area contributed by atoms with E-state index in [1.165, 1.54) is 0 Å². The molecule has 1 aromatic carbocycles. The maximum atomic E-state index is 12.4. The van der Waals surface area contributed by atoms with E-state index >= 15 is 0 Å². The van der Waals surface area contributed by atoms with E-state index in [0.717, 1.165) is 17.0 Å². The van der Waals surface area contributed by atoms with E-state index in [0.29, 0.717) is 18.0 Å². The lowest BCUT2D eigenvalue weighted by Gasteiger charge is -2.07. The zero-order valence-corrected chi connectivity index (χ0v) is 14.4. The molecule has 0 bridgehead atoms. The van der Waals surface area contributed by atoms with Crippen LogP contribution in [0, 0.1) is 25.2 Å². The van der Waals surface area contributed by atoms with Gasteiger partial charge in [-0.15, -0.1) is 0 Å². The molecule has 0 unspecified atom stereocenters. The molecule has 0 saturated heterocycles. The number of nitrogens with zero attached hydrogens (tertiary/aromatic N) is 2. The molecule has 124 valence electrons. The van der Waals surface area contributed by atoms with Gasteiger partial charge in [-0.2, -0.15) is 5.26 Å². The number of nitriles is 1. The van der Waals surface area contributed by atoms with E-state index in [1.54, 1.807) is 24.3 Å². The molecule has 2 rings (SSSR count). The highest BCUT2D eigenvalue weighted by Crippen LogP contribution is 2.20. The van der Waals surface area contributed by atoms with Gasteiger partial charge in [0.15, 0.2) is 0 Å². The van der Waals surface area contributed by atoms with Crippen molar-refractivity contribution in [3.05, 3.63) is 52.9 Å². The number of hydrogen-bond donors (Lipinski definition) is 1. The summed E-state index contributed by atoms with van der Waals surface area (Å²) in [5, 5.41) is 12.1. The van der Waals surface area contributed by atoms with Gasteiger partial charge in [0.1, 0.15) is 17.4 Å². The number of carbonyl (C=O) groups is 1. The molecule has 5 nitrogen and oxygen atoms in total. The van der Waals surface area contributed by atoms with E-state index in [4.69, 9.17) is 4.74 Å². The van der Waals surface area contributed by atoms with Crippen molar-refractivity contribution in [2.45, 2.75) is 20.8 Å². The molecule has 0 aliphatic carbocycles. The fourth-order valence-corrected chi connectivity index (χ4v) is 2.36. The van der Waals surface area contributed by atoms with Crippen molar-refractivity contribution in [3.8, 4) is 11.8 Å². The topological polar surface area (TPSA) is 67.0 Å². The van der Waals surface area contributed by atoms with Crippen LogP contribution in [0.5, 0.6) is 5.75 Å². The van der Waals surface area contributed by atoms with Crippen molar-refractivity contribution in [3.63, 3.8) is 0 Å². The summed E-state index contributed by atoms with van der Waals surface area (Å²) in [7, 11) is 1.95. The van der Waals surface area contributed by atoms with Crippen LogP contribution >= 0.6 is 0 Å². The Kier molecular flexibility index (Phi) is 5.43. The zero-order chi connectivity index (χ0) is 17.7. The van der Waals surface area contributed by atoms with Gasteiger partial charge < -0.3 is 14.6 Å². The first-order chi connectivity index (χ1) is 11.5. The van der Waals surface area contributed by atoms with E-state index in [-0.39, 0.29) is 5.57 Å². The molecule has 0 aliphatic heterocycles. The number of rotatable bonds is 5. The number of aryl methyl sites for hydroxylation is 1. The van der Waals surface area contributed by atoms with Crippen molar-refractivity contribution >= 4 is 17.7 Å². The first kappa shape index (κ1) is 17.4. The normalized spacial score (nSPS) is 11.0. The average Bonchev–Trinajstić information content (AvgIpc) is 2.80. The van der Waals surface area contributed by atoms with Crippen LogP contribution in [0.3, 0.4) is 0 Å². The molecule has 1 N–H and O–H groups in total. The monoisotopic (exact) mass is 323 g/mol. The maximum absolute atomic E-state index is 12.4. The Balaban J connectivity index is 2.23. The molecule has 1 amide bonds. The minimum Gasteiger partial charge on any atom is -0.494 e. The molecule has 1 aromatic heterocycles. The molecule has 0 radical (unpaired) electrons. The van der Waals surface area contributed by atoms with Gasteiger partial charge in [-0.25, -0.2) is 0 Å². The van der Waals surface area contributed by atoms with Crippen LogP contribution in [0.2, 0.25) is 0 Å². The third-order valence-electron chi connectivity index (χ3n) is 3.88. The number of benzene rings is 1. The summed E-state index contributed by atoms with van der Waals surface area (Å²) < 4.78 is 7.43. The van der Waals surface area contributed by atoms with Crippen LogP contribution in [-0.2, 0) is 11.8 Å². The molecular weight excluding hydrogens is 302 g/mol. The van der Waals surface area contributed by atoms with Gasteiger partial charge in [-0.3, -0.25) is 4.79 Å². The molecule has 0 spiro atoms. The van der Waals surface area contributed by atoms with Gasteiger partial charge in [0.25, 0.3) is 5.91 Å². The number of nitrogens with one attached hydrogen (secondary N) is 1. The Morgan fingerprint density at radius 2 is 2.12 bits per heavy atom. The fourth-order valence-electron chi connectivity index (χ4n) is 2.36. The third kappa shape index (κ3) is 3.85. The summed E-state index contributed by atoms with van der Waals surface area (Å²) in [6.07, 6.45) is 1.62. The van der Waals surface area contributed by atoms with Crippen molar-refractivity contribution in [2.75, 3.05) is 11.9 Å². The highest BCUT2D eigenvalue weighted by Gasteiger charge is 2.12. The predicted molar refractivity (Wildman–Crippen MR) is 94.7 cm³/mol. The minimum atomic E-state index is -0.438. The van der Waals surface area contributed by atoms with Gasteiger partial charge in [-0.1, -0.05) is 6.07 Å². The van der Waals surface area contributed by atoms with Crippen molar-refractivity contribution in [2.24, 2.45) is 7.05 Å². The molecule has 24 heavy (non-hydrogen) atoms. The summed E-state index contributed by atoms with van der Waals surface area (Å²) in [6.45, 7) is 6.38. The second-order valence-electron chi connectivity index (χ2n) is 5.47. The lowest BCUT2D eigenvalue weighted by Crippen LogP contribution is -2.13. The van der Waals surface area contributed by atoms with Gasteiger partial charge in [0.2, 0.25) is 0 Å². The summed E-state index contributed by atoms with van der Waals surface area (Å²) in [5.41, 5.74) is 3.59. The van der Waals surface area contributed by atoms with E-state index in [1.807, 2.05) is 50.6 Å². The lowest BCUT2D eigenvalue weighted by molar-refractivity contribution is -0.112. The quantitative estimate of drug-likeness (QED) is 0.675. The van der Waals surface area contributed by atoms with Crippen LogP contribution in [0.4, 0.5) is 5.69 Å². The highest BCUT2D eigenvalue weighted by molar-refractivity contribution is 6.09. The number of aromatic nitrogens is 1. The fraction of sp³-hybridized carbons (Fsp3) is 0.263. The summed E-state index contributed by atoms with van der Waals surface area (Å²) in [4.78, 5) is 12.4. The molecule has 2 aromatic rings. The first-order valence-electron chi connectivity index (χ1n) is 7.75. The summed E-state index contributed by atoms with van der Waals surface area (Å²) in [5.74, 6) is 0.236. The van der Waals surface area contributed by atoms with Crippen LogP contribution in [0.25, 0.3) is 6.08 Å². The largest absolute Gasteiger partial charge is 0.494 e. The van der Waals surface area contributed by atoms with Crippen LogP contribution in [0.1, 0.15) is 23.9 Å². The second kappa shape index (κ2) is 7.51. The molecule has 1 heterocycles. The Labute approximate surface area is 142 Å². The standard InChI is InChI=1S/C19H21N3O2/c1-5-24-18-8-6-7-17(11-18)21-19(23)16(12-20)10-15-9-13(2)22(4)14(15)3/h6-11H,5H2,1-4H3,(H,21,23)/b16-10-. The Morgan fingerprint density at radius 3 is 2.71 bits per heavy atom. The third-order valence-corrected chi connectivity index (χ3v) is 3.88. The van der Waals surface area contributed by atoms with Gasteiger partial charge in [0, 0.05) is 30.2 Å². The van der Waals surface area contributed by atoms with Crippen LogP contribution < -0.4 is 10.1 Å². The van der Waals surface area contributed by atoms with Crippen molar-refractivity contribution in [1.82, 2.24) is 4.57 Å². The lowest BCUT2D eigenvalue weighted by atomic mass is 10.1. The predicted octanol–water partition coefficient (Wildman–Crippen LogP) is 3.59. The van der Waals surface area contributed by atoms with Crippen molar-refractivity contribution < 1.29 is 9.53 Å².